The van der Waals surface area contributed by atoms with Gasteiger partial charge in [0.2, 0.25) is 0 Å². The molecule has 0 radical (unpaired) electrons. The molecular formula is C8H4BN21O16. The third kappa shape index (κ3) is 4.72. The van der Waals surface area contributed by atoms with Gasteiger partial charge in [0.1, 0.15) is 0 Å². The summed E-state index contributed by atoms with van der Waals surface area (Å²) >= 11 is 0. The van der Waals surface area contributed by atoms with Gasteiger partial charge in [0.15, 0.2) is 0 Å². The van der Waals surface area contributed by atoms with Gasteiger partial charge in [0.25, 0.3) is 0 Å². The van der Waals surface area contributed by atoms with Crippen LogP contribution in [0.25, 0.3) is 0 Å². The van der Waals surface area contributed by atoms with Crippen LogP contribution in [-0.4, -0.2) is 105 Å². The number of nitro groups is 8. The highest BCUT2D eigenvalue weighted by molar-refractivity contribution is 6.74. The average molecular weight is 661 g/mol. The molecule has 4 heterocycles. The van der Waals surface area contributed by atoms with Gasteiger partial charge in [-0.05, 0) is 39.4 Å². The summed E-state index contributed by atoms with van der Waals surface area (Å²) in [4.78, 5) is 92.2. The molecule has 37 nitrogen and oxygen atoms in total. The summed E-state index contributed by atoms with van der Waals surface area (Å²) in [6.07, 6.45) is 0. The van der Waals surface area contributed by atoms with Gasteiger partial charge in [-0.15, -0.1) is 18.4 Å². The summed E-state index contributed by atoms with van der Waals surface area (Å²) in [6, 6.07) is 0. The summed E-state index contributed by atoms with van der Waals surface area (Å²) in [5.74, 6) is -15.8. The molecule has 0 unspecified atom stereocenters. The maximum absolute atomic E-state index is 12.0. The second-order valence-corrected chi connectivity index (χ2v) is 7.38. The van der Waals surface area contributed by atoms with Crippen LogP contribution in [0.4, 0.5) is 47.6 Å². The maximum Gasteiger partial charge on any atom is 0.796 e. The fourth-order valence-corrected chi connectivity index (χ4v) is 3.57. The second kappa shape index (κ2) is 10.9. The van der Waals surface area contributed by atoms with Gasteiger partial charge in [-0.1, -0.05) is 0 Å². The smallest absolute Gasteiger partial charge is 0.390 e. The molecule has 0 atom stereocenters. The fraction of sp³-hybridized carbons (Fsp3) is 0. The molecule has 240 valence electrons. The van der Waals surface area contributed by atoms with Crippen LogP contribution in [-0.2, 0) is 0 Å². The Hall–Kier alpha value is -8.22. The molecule has 0 spiro atoms. The largest absolute Gasteiger partial charge is 0.796 e. The quantitative estimate of drug-likeness (QED) is 0.0940. The summed E-state index contributed by atoms with van der Waals surface area (Å²) in [6.45, 7) is -5.52. The molecule has 46 heavy (non-hydrogen) atoms. The lowest BCUT2D eigenvalue weighted by atomic mass is 9.74. The van der Waals surface area contributed by atoms with Gasteiger partial charge in [0, 0.05) is 19.9 Å². The minimum Gasteiger partial charge on any atom is -0.390 e. The molecule has 0 aliphatic heterocycles. The van der Waals surface area contributed by atoms with Gasteiger partial charge in [0.05, 0.1) is 20.4 Å². The topological polar surface area (TPSA) is 504 Å². The van der Waals surface area contributed by atoms with Crippen LogP contribution in [0.15, 0.2) is 0 Å². The van der Waals surface area contributed by atoms with Crippen molar-refractivity contribution in [1.82, 2.24) is 64.9 Å². The lowest BCUT2D eigenvalue weighted by molar-refractivity contribution is -0.404. The minimum atomic E-state index is -5.52. The predicted octanol–water partition coefficient (Wildman–Crippen LogP) is -2.38. The van der Waals surface area contributed by atoms with Crippen LogP contribution in [0.5, 0.6) is 0 Å². The zero-order chi connectivity index (χ0) is 33.7. The highest BCUT2D eigenvalue weighted by Gasteiger charge is 2.74. The summed E-state index contributed by atoms with van der Waals surface area (Å²) in [7, 11) is 0. The van der Waals surface area contributed by atoms with Crippen LogP contribution in [0.2, 0.25) is 0 Å². The molecule has 4 aromatic rings. The fourth-order valence-electron chi connectivity index (χ4n) is 3.57. The molecule has 0 aliphatic carbocycles. The Morgan fingerprint density at radius 1 is 0.370 bits per heavy atom. The van der Waals surface area contributed by atoms with Crippen molar-refractivity contribution in [2.24, 2.45) is 0 Å². The number of hydrogen-bond donors (Lipinski definition) is 1. The first-order chi connectivity index (χ1) is 20.9. The minimum absolute atomic E-state index is 0. The molecule has 0 saturated heterocycles. The van der Waals surface area contributed by atoms with Crippen LogP contribution in [0, 0.1) is 80.9 Å². The number of rotatable bonds is 12. The first-order valence-electron chi connectivity index (χ1n) is 10.1. The van der Waals surface area contributed by atoms with E-state index in [0.717, 1.165) is 0 Å². The molecule has 0 saturated carbocycles. The zero-order valence-corrected chi connectivity index (χ0v) is 21.1. The van der Waals surface area contributed by atoms with Gasteiger partial charge >= 0.3 is 54.3 Å². The van der Waals surface area contributed by atoms with Crippen LogP contribution in [0.3, 0.4) is 0 Å². The van der Waals surface area contributed by atoms with Crippen molar-refractivity contribution in [3.8, 4) is 0 Å². The van der Waals surface area contributed by atoms with E-state index in [4.69, 9.17) is 0 Å². The normalized spacial score (nSPS) is 11.0. The molecule has 4 rings (SSSR count). The van der Waals surface area contributed by atoms with E-state index >= 15 is 0 Å². The number of nitrogens with zero attached hydrogens (tertiary/aromatic N) is 20. The highest BCUT2D eigenvalue weighted by atomic mass is 16.7. The van der Waals surface area contributed by atoms with Crippen molar-refractivity contribution < 1.29 is 39.4 Å². The van der Waals surface area contributed by atoms with Crippen LogP contribution < -0.4 is 6.15 Å². The van der Waals surface area contributed by atoms with E-state index in [0.29, 0.717) is 0 Å². The Morgan fingerprint density at radius 2 is 0.543 bits per heavy atom. The molecule has 0 aromatic carbocycles. The lowest BCUT2D eigenvalue weighted by Crippen LogP contribution is -2.67. The Bertz CT molecular complexity index is 1730. The van der Waals surface area contributed by atoms with E-state index in [1.54, 1.807) is 0 Å². The van der Waals surface area contributed by atoms with Crippen molar-refractivity contribution in [3.05, 3.63) is 80.9 Å². The van der Waals surface area contributed by atoms with Gasteiger partial charge in [-0.3, -0.25) is 0 Å². The van der Waals surface area contributed by atoms with E-state index in [-0.39, 0.29) is 6.15 Å². The number of quaternary nitrogens is 1. The SMILES string of the molecule is O=[N+]([O-])c1nc([N+](=O)[O-])n([B-](n2nc([N+](=O)[O-])nc2[N+](=O)[O-])(n2nc([N+](=O)[O-])nc2[N+](=O)[O-])n2nc([N+](=O)[O-])nc2[N+](=O)[O-])n1.[NH4+]. The first-order valence-corrected chi connectivity index (χ1v) is 10.1. The Balaban J connectivity index is 0.00000576. The Labute approximate surface area is 240 Å². The van der Waals surface area contributed by atoms with Crippen molar-refractivity contribution in [3.63, 3.8) is 0 Å². The molecule has 0 amide bonds. The third-order valence-corrected chi connectivity index (χ3v) is 5.03. The van der Waals surface area contributed by atoms with E-state index in [1.165, 1.54) is 0 Å². The van der Waals surface area contributed by atoms with Gasteiger partial charge in [-0.25, -0.2) is 0 Å². The van der Waals surface area contributed by atoms with E-state index in [9.17, 15) is 80.9 Å². The van der Waals surface area contributed by atoms with E-state index < -0.39 is 112 Å². The molecule has 0 bridgehead atoms. The molecule has 0 aliphatic rings. The summed E-state index contributed by atoms with van der Waals surface area (Å²) < 4.78 is -2.67. The standard InChI is InChI=1S/C8BN20O16.H3N/c30-22(31)1-10-5(26(38)39)18(14-1)9(19-6(27(40)41)11-2(15-19)23(32)33,20-7(28(42)43)12-3(16-20)24(34)35)21-8(29(44)45)13-4(17-21)25(36)37;/h;1H3/q-1;/p+1. The predicted molar refractivity (Wildman–Crippen MR) is 127 cm³/mol. The van der Waals surface area contributed by atoms with Crippen molar-refractivity contribution in [2.45, 2.75) is 0 Å². The second-order valence-electron chi connectivity index (χ2n) is 7.38. The lowest BCUT2D eigenvalue weighted by Gasteiger charge is -2.20. The Kier molecular flexibility index (Phi) is 7.64. The van der Waals surface area contributed by atoms with Gasteiger partial charge < -0.3 is 87.1 Å². The van der Waals surface area contributed by atoms with E-state index in [2.05, 4.69) is 40.3 Å². The average Bonchev–Trinajstić information content (AvgIpc) is 3.73. The van der Waals surface area contributed by atoms with Crippen molar-refractivity contribution in [2.75, 3.05) is 0 Å². The monoisotopic (exact) mass is 661 g/mol. The van der Waals surface area contributed by atoms with Crippen molar-refractivity contribution >= 4 is 54.3 Å². The Morgan fingerprint density at radius 3 is 0.674 bits per heavy atom. The van der Waals surface area contributed by atoms with Crippen LogP contribution in [0.1, 0.15) is 0 Å². The zero-order valence-electron chi connectivity index (χ0n) is 21.1. The molecule has 0 fully saturated rings. The number of hydrogen-bond acceptors (Lipinski definition) is 24. The van der Waals surface area contributed by atoms with E-state index in [1.807, 2.05) is 0 Å². The molecule has 38 heteroatoms. The first kappa shape index (κ1) is 32.3. The van der Waals surface area contributed by atoms with Gasteiger partial charge in [-0.2, -0.15) is 0 Å². The van der Waals surface area contributed by atoms with Crippen molar-refractivity contribution in [1.29, 1.82) is 0 Å². The highest BCUT2D eigenvalue weighted by Crippen LogP contribution is 2.33. The molecule has 4 N–H and O–H groups in total. The third-order valence-electron chi connectivity index (χ3n) is 5.03. The summed E-state index contributed by atoms with van der Waals surface area (Å²) in [5.41, 5.74) is 0. The van der Waals surface area contributed by atoms with Crippen LogP contribution >= 0.6 is 0 Å². The number of aromatic nitrogens is 12. The molecule has 4 aromatic heterocycles. The molecular weight excluding hydrogens is 657 g/mol. The summed E-state index contributed by atoms with van der Waals surface area (Å²) in [5, 5.41) is 106. The maximum atomic E-state index is 12.0.